The molecular weight excluding hydrogens is 222 g/mol. The number of benzene rings is 1. The van der Waals surface area contributed by atoms with Gasteiger partial charge in [0.25, 0.3) is 0 Å². The molecule has 0 radical (unpaired) electrons. The molecule has 0 spiro atoms. The Hall–Kier alpha value is -0.730. The summed E-state index contributed by atoms with van der Waals surface area (Å²) in [5.41, 5.74) is 1.05. The van der Waals surface area contributed by atoms with Gasteiger partial charge in [-0.3, -0.25) is 0 Å². The lowest BCUT2D eigenvalue weighted by atomic mass is 10.1. The molecule has 16 heavy (non-hydrogen) atoms. The number of rotatable bonds is 6. The Morgan fingerprint density at radius 2 is 2.12 bits per heavy atom. The second-order valence-electron chi connectivity index (χ2n) is 4.17. The monoisotopic (exact) mass is 241 g/mol. The molecule has 90 valence electrons. The fraction of sp³-hybridized carbons (Fsp3) is 0.538. The van der Waals surface area contributed by atoms with Gasteiger partial charge in [0, 0.05) is 17.1 Å². The van der Waals surface area contributed by atoms with Crippen molar-refractivity contribution in [2.75, 3.05) is 13.2 Å². The van der Waals surface area contributed by atoms with Crippen LogP contribution in [-0.4, -0.2) is 13.2 Å². The van der Waals surface area contributed by atoms with Gasteiger partial charge in [-0.25, -0.2) is 0 Å². The third kappa shape index (κ3) is 4.03. The van der Waals surface area contributed by atoms with Crippen LogP contribution < -0.4 is 10.1 Å². The van der Waals surface area contributed by atoms with Crippen LogP contribution in [0.4, 0.5) is 0 Å². The number of halogens is 1. The fourth-order valence-electron chi connectivity index (χ4n) is 1.49. The molecule has 0 bridgehead atoms. The van der Waals surface area contributed by atoms with Crippen LogP contribution in [0.15, 0.2) is 18.2 Å². The highest BCUT2D eigenvalue weighted by molar-refractivity contribution is 6.31. The minimum Gasteiger partial charge on any atom is -0.493 e. The zero-order valence-corrected chi connectivity index (χ0v) is 11.0. The van der Waals surface area contributed by atoms with E-state index in [0.717, 1.165) is 29.4 Å². The van der Waals surface area contributed by atoms with E-state index < -0.39 is 0 Å². The lowest BCUT2D eigenvalue weighted by Crippen LogP contribution is -2.19. The van der Waals surface area contributed by atoms with Gasteiger partial charge in [-0.1, -0.05) is 31.5 Å². The van der Waals surface area contributed by atoms with Gasteiger partial charge in [-0.05, 0) is 31.5 Å². The van der Waals surface area contributed by atoms with Crippen LogP contribution in [0, 0.1) is 5.92 Å². The van der Waals surface area contributed by atoms with Crippen LogP contribution in [0.1, 0.15) is 26.3 Å². The normalized spacial score (nSPS) is 10.8. The molecule has 0 atom stereocenters. The number of hydrogen-bond donors (Lipinski definition) is 1. The van der Waals surface area contributed by atoms with E-state index >= 15 is 0 Å². The van der Waals surface area contributed by atoms with E-state index in [1.54, 1.807) is 0 Å². The summed E-state index contributed by atoms with van der Waals surface area (Å²) >= 11 is 6.16. The number of hydrogen-bond acceptors (Lipinski definition) is 2. The first kappa shape index (κ1) is 13.3. The van der Waals surface area contributed by atoms with E-state index in [1.807, 2.05) is 25.1 Å². The van der Waals surface area contributed by atoms with Crippen molar-refractivity contribution in [2.24, 2.45) is 5.92 Å². The largest absolute Gasteiger partial charge is 0.493 e. The number of ether oxygens (including phenoxy) is 1. The fourth-order valence-corrected chi connectivity index (χ4v) is 1.72. The maximum absolute atomic E-state index is 6.16. The van der Waals surface area contributed by atoms with Gasteiger partial charge in [0.05, 0.1) is 6.61 Å². The van der Waals surface area contributed by atoms with Crippen molar-refractivity contribution in [3.05, 3.63) is 28.8 Å². The molecule has 1 rings (SSSR count). The van der Waals surface area contributed by atoms with Crippen molar-refractivity contribution >= 4 is 11.6 Å². The average molecular weight is 242 g/mol. The van der Waals surface area contributed by atoms with Gasteiger partial charge in [0.1, 0.15) is 5.75 Å². The van der Waals surface area contributed by atoms with Crippen molar-refractivity contribution in [1.29, 1.82) is 0 Å². The maximum Gasteiger partial charge on any atom is 0.125 e. The predicted molar refractivity (Wildman–Crippen MR) is 69.2 cm³/mol. The predicted octanol–water partition coefficient (Wildman–Crippen LogP) is 3.48. The summed E-state index contributed by atoms with van der Waals surface area (Å²) < 4.78 is 5.55. The molecule has 0 heterocycles. The second-order valence-corrected chi connectivity index (χ2v) is 4.58. The SMILES string of the molecule is CCOc1cccc(Cl)c1CNCC(C)C. The summed E-state index contributed by atoms with van der Waals surface area (Å²) in [6.07, 6.45) is 0. The Kier molecular flexibility index (Phi) is 5.64. The van der Waals surface area contributed by atoms with Crippen LogP contribution in [0.2, 0.25) is 5.02 Å². The molecule has 0 aliphatic heterocycles. The lowest BCUT2D eigenvalue weighted by Gasteiger charge is -2.13. The summed E-state index contributed by atoms with van der Waals surface area (Å²) in [5, 5.41) is 4.14. The molecular formula is C13H20ClNO. The van der Waals surface area contributed by atoms with Gasteiger partial charge < -0.3 is 10.1 Å². The van der Waals surface area contributed by atoms with Crippen molar-refractivity contribution in [2.45, 2.75) is 27.3 Å². The van der Waals surface area contributed by atoms with Gasteiger partial charge in [-0.15, -0.1) is 0 Å². The molecule has 1 aromatic carbocycles. The molecule has 0 unspecified atom stereocenters. The van der Waals surface area contributed by atoms with Crippen molar-refractivity contribution in [3.8, 4) is 5.75 Å². The quantitative estimate of drug-likeness (QED) is 0.823. The lowest BCUT2D eigenvalue weighted by molar-refractivity contribution is 0.335. The first-order chi connectivity index (χ1) is 7.65. The third-order valence-electron chi connectivity index (χ3n) is 2.23. The minimum absolute atomic E-state index is 0.637. The molecule has 2 nitrogen and oxygen atoms in total. The molecule has 1 N–H and O–H groups in total. The van der Waals surface area contributed by atoms with E-state index in [9.17, 15) is 0 Å². The number of nitrogens with one attached hydrogen (secondary N) is 1. The molecule has 0 fully saturated rings. The summed E-state index contributed by atoms with van der Waals surface area (Å²) in [7, 11) is 0. The molecule has 3 heteroatoms. The molecule has 0 saturated carbocycles. The van der Waals surface area contributed by atoms with E-state index in [-0.39, 0.29) is 0 Å². The maximum atomic E-state index is 6.16. The van der Waals surface area contributed by atoms with Gasteiger partial charge >= 0.3 is 0 Å². The first-order valence-corrected chi connectivity index (χ1v) is 6.13. The smallest absolute Gasteiger partial charge is 0.125 e. The van der Waals surface area contributed by atoms with Gasteiger partial charge in [0.2, 0.25) is 0 Å². The highest BCUT2D eigenvalue weighted by atomic mass is 35.5. The summed E-state index contributed by atoms with van der Waals surface area (Å²) in [6, 6.07) is 5.78. The Bertz CT molecular complexity index is 326. The van der Waals surface area contributed by atoms with Crippen LogP contribution >= 0.6 is 11.6 Å². The first-order valence-electron chi connectivity index (χ1n) is 5.76. The van der Waals surface area contributed by atoms with Crippen molar-refractivity contribution in [1.82, 2.24) is 5.32 Å². The third-order valence-corrected chi connectivity index (χ3v) is 2.58. The Balaban J connectivity index is 2.68. The summed E-state index contributed by atoms with van der Waals surface area (Å²) in [5.74, 6) is 1.52. The van der Waals surface area contributed by atoms with E-state index in [4.69, 9.17) is 16.3 Å². The van der Waals surface area contributed by atoms with E-state index in [0.29, 0.717) is 12.5 Å². The van der Waals surface area contributed by atoms with Gasteiger partial charge in [0.15, 0.2) is 0 Å². The topological polar surface area (TPSA) is 21.3 Å². The van der Waals surface area contributed by atoms with Gasteiger partial charge in [-0.2, -0.15) is 0 Å². The zero-order valence-electron chi connectivity index (χ0n) is 10.2. The highest BCUT2D eigenvalue weighted by Gasteiger charge is 2.07. The molecule has 0 saturated heterocycles. The summed E-state index contributed by atoms with van der Waals surface area (Å²) in [4.78, 5) is 0. The molecule has 0 amide bonds. The Labute approximate surface area is 103 Å². The molecule has 0 aliphatic carbocycles. The van der Waals surface area contributed by atoms with Crippen LogP contribution in [0.3, 0.4) is 0 Å². The van der Waals surface area contributed by atoms with Crippen LogP contribution in [-0.2, 0) is 6.54 Å². The Morgan fingerprint density at radius 1 is 1.38 bits per heavy atom. The zero-order chi connectivity index (χ0) is 12.0. The summed E-state index contributed by atoms with van der Waals surface area (Å²) in [6.45, 7) is 8.75. The average Bonchev–Trinajstić information content (AvgIpc) is 2.22. The minimum atomic E-state index is 0.637. The van der Waals surface area contributed by atoms with E-state index in [1.165, 1.54) is 0 Å². The van der Waals surface area contributed by atoms with E-state index in [2.05, 4.69) is 19.2 Å². The molecule has 0 aliphatic rings. The molecule has 0 aromatic heterocycles. The standard InChI is InChI=1S/C13H20ClNO/c1-4-16-13-7-5-6-12(14)11(13)9-15-8-10(2)3/h5-7,10,15H,4,8-9H2,1-3H3. The van der Waals surface area contributed by atoms with Crippen molar-refractivity contribution < 1.29 is 4.74 Å². The Morgan fingerprint density at radius 3 is 2.75 bits per heavy atom. The van der Waals surface area contributed by atoms with Crippen LogP contribution in [0.25, 0.3) is 0 Å². The van der Waals surface area contributed by atoms with Crippen molar-refractivity contribution in [3.63, 3.8) is 0 Å². The molecule has 1 aromatic rings. The second kappa shape index (κ2) is 6.77. The highest BCUT2D eigenvalue weighted by Crippen LogP contribution is 2.26. The van der Waals surface area contributed by atoms with Crippen LogP contribution in [0.5, 0.6) is 5.75 Å².